The van der Waals surface area contributed by atoms with Crippen molar-refractivity contribution < 1.29 is 14.6 Å². The second kappa shape index (κ2) is 5.29. The van der Waals surface area contributed by atoms with Crippen LogP contribution in [-0.2, 0) is 11.2 Å². The SMILES string of the molecule is OC1CCCc2cc(OC3CCOCC3)ccc21. The van der Waals surface area contributed by atoms with Gasteiger partial charge >= 0.3 is 0 Å². The number of hydrogen-bond acceptors (Lipinski definition) is 3. The Labute approximate surface area is 108 Å². The third-order valence-electron chi connectivity index (χ3n) is 3.87. The van der Waals surface area contributed by atoms with Crippen molar-refractivity contribution in [3.63, 3.8) is 0 Å². The summed E-state index contributed by atoms with van der Waals surface area (Å²) in [7, 11) is 0. The van der Waals surface area contributed by atoms with E-state index in [4.69, 9.17) is 9.47 Å². The van der Waals surface area contributed by atoms with Gasteiger partial charge in [0.1, 0.15) is 11.9 Å². The van der Waals surface area contributed by atoms with Crippen LogP contribution in [0.4, 0.5) is 0 Å². The van der Waals surface area contributed by atoms with Crippen LogP contribution < -0.4 is 4.74 Å². The van der Waals surface area contributed by atoms with Gasteiger partial charge in [-0.1, -0.05) is 6.07 Å². The van der Waals surface area contributed by atoms with Gasteiger partial charge < -0.3 is 14.6 Å². The second-order valence-corrected chi connectivity index (χ2v) is 5.20. The fourth-order valence-corrected chi connectivity index (χ4v) is 2.82. The summed E-state index contributed by atoms with van der Waals surface area (Å²) in [5, 5.41) is 9.92. The maximum Gasteiger partial charge on any atom is 0.120 e. The van der Waals surface area contributed by atoms with Crippen molar-refractivity contribution in [3.05, 3.63) is 29.3 Å². The van der Waals surface area contributed by atoms with E-state index in [2.05, 4.69) is 6.07 Å². The normalized spacial score (nSPS) is 24.6. The Morgan fingerprint density at radius 3 is 2.83 bits per heavy atom. The van der Waals surface area contributed by atoms with E-state index >= 15 is 0 Å². The van der Waals surface area contributed by atoms with Crippen molar-refractivity contribution in [1.29, 1.82) is 0 Å². The van der Waals surface area contributed by atoms with Gasteiger partial charge in [-0.15, -0.1) is 0 Å². The van der Waals surface area contributed by atoms with E-state index in [9.17, 15) is 5.11 Å². The molecular weight excluding hydrogens is 228 g/mol. The molecule has 3 rings (SSSR count). The van der Waals surface area contributed by atoms with Gasteiger partial charge in [0.2, 0.25) is 0 Å². The molecule has 3 heteroatoms. The number of ether oxygens (including phenoxy) is 2. The highest BCUT2D eigenvalue weighted by molar-refractivity contribution is 5.38. The lowest BCUT2D eigenvalue weighted by molar-refractivity contribution is 0.0255. The third kappa shape index (κ3) is 2.52. The van der Waals surface area contributed by atoms with Gasteiger partial charge in [-0.05, 0) is 42.5 Å². The molecular formula is C15H20O3. The van der Waals surface area contributed by atoms with E-state index < -0.39 is 0 Å². The molecule has 1 atom stereocenters. The van der Waals surface area contributed by atoms with Gasteiger partial charge in [-0.25, -0.2) is 0 Å². The van der Waals surface area contributed by atoms with Gasteiger partial charge in [0.05, 0.1) is 19.3 Å². The smallest absolute Gasteiger partial charge is 0.120 e. The largest absolute Gasteiger partial charge is 0.490 e. The maximum absolute atomic E-state index is 9.92. The fraction of sp³-hybridized carbons (Fsp3) is 0.600. The zero-order valence-electron chi connectivity index (χ0n) is 10.6. The maximum atomic E-state index is 9.92. The summed E-state index contributed by atoms with van der Waals surface area (Å²) >= 11 is 0. The second-order valence-electron chi connectivity index (χ2n) is 5.20. The number of aliphatic hydroxyl groups is 1. The van der Waals surface area contributed by atoms with Gasteiger partial charge in [-0.3, -0.25) is 0 Å². The summed E-state index contributed by atoms with van der Waals surface area (Å²) in [6.07, 6.45) is 4.94. The first kappa shape index (κ1) is 12.0. The van der Waals surface area contributed by atoms with Crippen LogP contribution in [0.2, 0.25) is 0 Å². The molecule has 0 amide bonds. The van der Waals surface area contributed by atoms with Crippen molar-refractivity contribution in [3.8, 4) is 5.75 Å². The summed E-state index contributed by atoms with van der Waals surface area (Å²) in [6.45, 7) is 1.60. The molecule has 1 aromatic carbocycles. The van der Waals surface area contributed by atoms with Crippen LogP contribution in [0, 0.1) is 0 Å². The summed E-state index contributed by atoms with van der Waals surface area (Å²) in [6, 6.07) is 6.11. The summed E-state index contributed by atoms with van der Waals surface area (Å²) < 4.78 is 11.3. The molecule has 1 unspecified atom stereocenters. The predicted molar refractivity (Wildman–Crippen MR) is 68.8 cm³/mol. The average Bonchev–Trinajstić information content (AvgIpc) is 2.40. The Balaban J connectivity index is 1.73. The van der Waals surface area contributed by atoms with Crippen molar-refractivity contribution in [2.24, 2.45) is 0 Å². The Hall–Kier alpha value is -1.06. The number of rotatable bonds is 2. The molecule has 0 bridgehead atoms. The zero-order valence-corrected chi connectivity index (χ0v) is 10.6. The Morgan fingerprint density at radius 1 is 1.17 bits per heavy atom. The number of benzene rings is 1. The molecule has 3 nitrogen and oxygen atoms in total. The van der Waals surface area contributed by atoms with Crippen LogP contribution in [0.15, 0.2) is 18.2 Å². The lowest BCUT2D eigenvalue weighted by Gasteiger charge is -2.25. The van der Waals surface area contributed by atoms with Crippen molar-refractivity contribution in [1.82, 2.24) is 0 Å². The Bertz CT molecular complexity index is 410. The van der Waals surface area contributed by atoms with Crippen LogP contribution in [0.5, 0.6) is 5.75 Å². The van der Waals surface area contributed by atoms with Gasteiger partial charge in [0.15, 0.2) is 0 Å². The molecule has 1 saturated heterocycles. The molecule has 1 heterocycles. The van der Waals surface area contributed by atoms with E-state index in [0.29, 0.717) is 0 Å². The Morgan fingerprint density at radius 2 is 2.00 bits per heavy atom. The minimum atomic E-state index is -0.286. The van der Waals surface area contributed by atoms with Crippen molar-refractivity contribution >= 4 is 0 Å². The topological polar surface area (TPSA) is 38.7 Å². The van der Waals surface area contributed by atoms with Crippen LogP contribution in [0.3, 0.4) is 0 Å². The summed E-state index contributed by atoms with van der Waals surface area (Å²) in [5.41, 5.74) is 2.33. The van der Waals surface area contributed by atoms with Crippen LogP contribution in [0.25, 0.3) is 0 Å². The molecule has 0 aromatic heterocycles. The number of hydrogen-bond donors (Lipinski definition) is 1. The highest BCUT2D eigenvalue weighted by atomic mass is 16.5. The van der Waals surface area contributed by atoms with Crippen molar-refractivity contribution in [2.75, 3.05) is 13.2 Å². The molecule has 0 saturated carbocycles. The summed E-state index contributed by atoms with van der Waals surface area (Å²) in [4.78, 5) is 0. The van der Waals surface area contributed by atoms with Gasteiger partial charge in [0, 0.05) is 12.8 Å². The predicted octanol–water partition coefficient (Wildman–Crippen LogP) is 2.61. The monoisotopic (exact) mass is 248 g/mol. The molecule has 2 aliphatic rings. The number of aryl methyl sites for hydroxylation is 1. The molecule has 98 valence electrons. The molecule has 1 aliphatic heterocycles. The number of aliphatic hydroxyl groups excluding tert-OH is 1. The van der Waals surface area contributed by atoms with Crippen LogP contribution in [0.1, 0.15) is 42.9 Å². The van der Waals surface area contributed by atoms with Crippen LogP contribution >= 0.6 is 0 Å². The fourth-order valence-electron chi connectivity index (χ4n) is 2.82. The van der Waals surface area contributed by atoms with Crippen LogP contribution in [-0.4, -0.2) is 24.4 Å². The lowest BCUT2D eigenvalue weighted by Crippen LogP contribution is -2.26. The highest BCUT2D eigenvalue weighted by Gasteiger charge is 2.20. The van der Waals surface area contributed by atoms with Crippen molar-refractivity contribution in [2.45, 2.75) is 44.3 Å². The molecule has 18 heavy (non-hydrogen) atoms. The highest BCUT2D eigenvalue weighted by Crippen LogP contribution is 2.32. The van der Waals surface area contributed by atoms with Gasteiger partial charge in [0.25, 0.3) is 0 Å². The van der Waals surface area contributed by atoms with Gasteiger partial charge in [-0.2, -0.15) is 0 Å². The molecule has 1 N–H and O–H groups in total. The molecule has 0 spiro atoms. The zero-order chi connectivity index (χ0) is 12.4. The third-order valence-corrected chi connectivity index (χ3v) is 3.87. The molecule has 1 aliphatic carbocycles. The standard InChI is InChI=1S/C15H20O3/c16-15-3-1-2-11-10-13(4-5-14(11)15)18-12-6-8-17-9-7-12/h4-5,10,12,15-16H,1-3,6-9H2. The minimum absolute atomic E-state index is 0.283. The quantitative estimate of drug-likeness (QED) is 0.874. The first-order valence-corrected chi connectivity index (χ1v) is 6.88. The summed E-state index contributed by atoms with van der Waals surface area (Å²) in [5.74, 6) is 0.940. The van der Waals surface area contributed by atoms with E-state index in [1.54, 1.807) is 0 Å². The molecule has 1 aromatic rings. The van der Waals surface area contributed by atoms with E-state index in [0.717, 1.165) is 56.6 Å². The van der Waals surface area contributed by atoms with E-state index in [1.807, 2.05) is 12.1 Å². The first-order chi connectivity index (χ1) is 8.83. The van der Waals surface area contributed by atoms with E-state index in [1.165, 1.54) is 5.56 Å². The molecule has 1 fully saturated rings. The average molecular weight is 248 g/mol. The molecule has 0 radical (unpaired) electrons. The number of fused-ring (bicyclic) bond motifs is 1. The Kier molecular flexibility index (Phi) is 3.52. The van der Waals surface area contributed by atoms with E-state index in [-0.39, 0.29) is 12.2 Å². The lowest BCUT2D eigenvalue weighted by atomic mass is 9.89. The minimum Gasteiger partial charge on any atom is -0.490 e. The first-order valence-electron chi connectivity index (χ1n) is 6.88.